The highest BCUT2D eigenvalue weighted by atomic mass is 31.2. The minimum Gasteiger partial charge on any atom is -0.466 e. The minimum atomic E-state index is -3.76. The number of alkyl carbamates (subject to hydrolysis) is 1. The number of nitrogens with one attached hydrogen (secondary N) is 1. The molecule has 18 heteroatoms. The smallest absolute Gasteiger partial charge is 0.407 e. The van der Waals surface area contributed by atoms with Crippen LogP contribution < -0.4 is 5.32 Å². The van der Waals surface area contributed by atoms with Crippen molar-refractivity contribution in [2.45, 2.75) is 88.8 Å². The maximum Gasteiger partial charge on any atom is 0.407 e. The van der Waals surface area contributed by atoms with E-state index in [1.54, 1.807) is 17.9 Å². The molecule has 46 heavy (non-hydrogen) atoms. The first-order valence-electron chi connectivity index (χ1n) is 14.8. The van der Waals surface area contributed by atoms with Crippen LogP contribution in [0.5, 0.6) is 0 Å². The van der Waals surface area contributed by atoms with Crippen molar-refractivity contribution in [2.24, 2.45) is 0 Å². The van der Waals surface area contributed by atoms with Crippen molar-refractivity contribution in [1.82, 2.24) is 10.2 Å². The number of rotatable bonds is 21. The van der Waals surface area contributed by atoms with Gasteiger partial charge in [0.25, 0.3) is 5.97 Å². The standard InChI is InChI=1S/C28H42F2N2O12P2/c1-2-41-25(34)13-8-3-4-9-20-32-22(15-17-24(32)33)14-16-23(28(29,30)21-11-6-5-7-12-21)42-26(35)31-19-10-18-27(36,43-45(37)38)44-46(39)40/h5-7,11-12,14,16,22-23,36-38,46H,2-4,8-10,13,15,17-20H2,1H3,(H,31,35)(H,39,40)/b16-14+/t22-,23+,27?/m0/s1. The Kier molecular flexibility index (Phi) is 17.2. The van der Waals surface area contributed by atoms with E-state index in [2.05, 4.69) is 14.4 Å². The van der Waals surface area contributed by atoms with Gasteiger partial charge < -0.3 is 39.5 Å². The summed E-state index contributed by atoms with van der Waals surface area (Å²) in [5, 5.41) is 12.3. The van der Waals surface area contributed by atoms with Crippen molar-refractivity contribution in [3.05, 3.63) is 48.0 Å². The summed E-state index contributed by atoms with van der Waals surface area (Å²) in [5.41, 5.74) is -0.414. The second-order valence-electron chi connectivity index (χ2n) is 10.3. The van der Waals surface area contributed by atoms with E-state index >= 15 is 8.78 Å². The van der Waals surface area contributed by atoms with Gasteiger partial charge in [-0.25, -0.2) is 4.79 Å². The van der Waals surface area contributed by atoms with Gasteiger partial charge in [-0.15, -0.1) is 0 Å². The lowest BCUT2D eigenvalue weighted by molar-refractivity contribution is -0.279. The maximum absolute atomic E-state index is 15.6. The van der Waals surface area contributed by atoms with Crippen molar-refractivity contribution in [3.63, 3.8) is 0 Å². The van der Waals surface area contributed by atoms with Gasteiger partial charge in [0.15, 0.2) is 6.10 Å². The van der Waals surface area contributed by atoms with Crippen LogP contribution in [0.15, 0.2) is 42.5 Å². The largest absolute Gasteiger partial charge is 0.466 e. The van der Waals surface area contributed by atoms with Gasteiger partial charge in [0.2, 0.25) is 5.91 Å². The average molecular weight is 699 g/mol. The summed E-state index contributed by atoms with van der Waals surface area (Å²) in [4.78, 5) is 65.0. The molecule has 1 aliphatic heterocycles. The van der Waals surface area contributed by atoms with E-state index in [1.807, 2.05) is 0 Å². The lowest BCUT2D eigenvalue weighted by atomic mass is 10.0. The normalized spacial score (nSPS) is 18.0. The van der Waals surface area contributed by atoms with E-state index in [9.17, 15) is 24.1 Å². The van der Waals surface area contributed by atoms with Crippen LogP contribution in [0, 0.1) is 0 Å². The molecule has 0 radical (unpaired) electrons. The van der Waals surface area contributed by atoms with Crippen LogP contribution >= 0.6 is 16.9 Å². The van der Waals surface area contributed by atoms with E-state index in [-0.39, 0.29) is 31.3 Å². The number of ether oxygens (including phenoxy) is 2. The first-order valence-corrected chi connectivity index (χ1v) is 17.2. The van der Waals surface area contributed by atoms with E-state index in [1.165, 1.54) is 30.3 Å². The van der Waals surface area contributed by atoms with Crippen LogP contribution in [0.4, 0.5) is 13.6 Å². The zero-order chi connectivity index (χ0) is 34.2. The highest BCUT2D eigenvalue weighted by Crippen LogP contribution is 2.39. The number of nitrogens with zero attached hydrogens (tertiary/aromatic N) is 1. The number of aliphatic hydroxyl groups is 1. The summed E-state index contributed by atoms with van der Waals surface area (Å²) in [7, 11) is -6.94. The Balaban J connectivity index is 2.03. The van der Waals surface area contributed by atoms with Crippen molar-refractivity contribution < 1.29 is 66.0 Å². The third kappa shape index (κ3) is 14.1. The van der Waals surface area contributed by atoms with Crippen molar-refractivity contribution in [2.75, 3.05) is 19.7 Å². The molecule has 260 valence electrons. The van der Waals surface area contributed by atoms with E-state index in [0.29, 0.717) is 38.8 Å². The first-order chi connectivity index (χ1) is 21.8. The van der Waals surface area contributed by atoms with Gasteiger partial charge in [-0.2, -0.15) is 8.78 Å². The van der Waals surface area contributed by atoms with Gasteiger partial charge in [-0.05, 0) is 38.7 Å². The number of carbonyl (C=O) groups is 3. The van der Waals surface area contributed by atoms with Gasteiger partial charge in [0.05, 0.1) is 12.6 Å². The van der Waals surface area contributed by atoms with Gasteiger partial charge >= 0.3 is 34.8 Å². The van der Waals surface area contributed by atoms with Crippen LogP contribution in [0.25, 0.3) is 0 Å². The summed E-state index contributed by atoms with van der Waals surface area (Å²) in [5.74, 6) is -6.89. The predicted molar refractivity (Wildman–Crippen MR) is 161 cm³/mol. The Labute approximate surface area is 267 Å². The molecule has 2 unspecified atom stereocenters. The molecule has 0 aromatic heterocycles. The second-order valence-corrected chi connectivity index (χ2v) is 11.7. The molecule has 0 saturated carbocycles. The molecular formula is C28H42F2N2O12P2. The molecule has 0 bridgehead atoms. The van der Waals surface area contributed by atoms with Crippen LogP contribution in [-0.4, -0.2) is 80.5 Å². The molecule has 4 atom stereocenters. The third-order valence-electron chi connectivity index (χ3n) is 6.88. The zero-order valence-electron chi connectivity index (χ0n) is 25.4. The lowest BCUT2D eigenvalue weighted by Gasteiger charge is -2.27. The minimum absolute atomic E-state index is 0.125. The molecule has 1 aromatic rings. The molecule has 1 aromatic carbocycles. The Morgan fingerprint density at radius 1 is 1.17 bits per heavy atom. The van der Waals surface area contributed by atoms with Crippen molar-refractivity contribution in [3.8, 4) is 0 Å². The highest BCUT2D eigenvalue weighted by Gasteiger charge is 2.43. The number of likely N-dealkylation sites (tertiary alicyclic amines) is 1. The molecular weight excluding hydrogens is 656 g/mol. The van der Waals surface area contributed by atoms with Gasteiger partial charge in [0, 0.05) is 37.9 Å². The Morgan fingerprint density at radius 3 is 2.52 bits per heavy atom. The number of esters is 1. The molecule has 14 nitrogen and oxygen atoms in total. The summed E-state index contributed by atoms with van der Waals surface area (Å²) in [6.45, 7) is 2.15. The van der Waals surface area contributed by atoms with Gasteiger partial charge in [0.1, 0.15) is 0 Å². The molecule has 0 aliphatic carbocycles. The lowest BCUT2D eigenvalue weighted by Crippen LogP contribution is -2.39. The van der Waals surface area contributed by atoms with Gasteiger partial charge in [-0.3, -0.25) is 23.2 Å². The van der Waals surface area contributed by atoms with Crippen LogP contribution in [0.2, 0.25) is 0 Å². The van der Waals surface area contributed by atoms with Crippen LogP contribution in [0.1, 0.15) is 70.3 Å². The fourth-order valence-electron chi connectivity index (χ4n) is 4.71. The maximum atomic E-state index is 15.6. The highest BCUT2D eigenvalue weighted by molar-refractivity contribution is 7.39. The zero-order valence-corrected chi connectivity index (χ0v) is 27.3. The van der Waals surface area contributed by atoms with Crippen LogP contribution in [-0.2, 0) is 38.6 Å². The Hall–Kier alpha value is -2.55. The van der Waals surface area contributed by atoms with E-state index in [4.69, 9.17) is 24.2 Å². The summed E-state index contributed by atoms with van der Waals surface area (Å²) in [6, 6.07) is 6.24. The average Bonchev–Trinajstić information content (AvgIpc) is 3.33. The number of hydrogen-bond donors (Lipinski definition) is 5. The SMILES string of the molecule is CCOC(=O)CCCCCCN1C(=O)CC[C@@H]1/C=C/[C@@H](OC(=O)NCCCC(O)(OP(O)O)O[PH](=O)O)C(F)(F)c1ccccc1. The van der Waals surface area contributed by atoms with E-state index < -0.39 is 59.0 Å². The molecule has 1 aliphatic rings. The number of benzene rings is 1. The monoisotopic (exact) mass is 698 g/mol. The van der Waals surface area contributed by atoms with Crippen molar-refractivity contribution in [1.29, 1.82) is 0 Å². The molecule has 1 saturated heterocycles. The number of halogens is 2. The van der Waals surface area contributed by atoms with Crippen LogP contribution in [0.3, 0.4) is 0 Å². The molecule has 0 spiro atoms. The van der Waals surface area contributed by atoms with Gasteiger partial charge in [-0.1, -0.05) is 49.2 Å². The van der Waals surface area contributed by atoms with Crippen molar-refractivity contribution >= 4 is 34.8 Å². The molecule has 5 N–H and O–H groups in total. The fraction of sp³-hybridized carbons (Fsp3) is 0.607. The molecule has 2 rings (SSSR count). The predicted octanol–water partition coefficient (Wildman–Crippen LogP) is 3.99. The first kappa shape index (κ1) is 39.6. The summed E-state index contributed by atoms with van der Waals surface area (Å²) >= 11 is 0. The van der Waals surface area contributed by atoms with E-state index in [0.717, 1.165) is 18.9 Å². The summed E-state index contributed by atoms with van der Waals surface area (Å²) < 4.78 is 60.8. The Morgan fingerprint density at radius 2 is 1.87 bits per heavy atom. The molecule has 1 heterocycles. The molecule has 1 fully saturated rings. The quantitative estimate of drug-likeness (QED) is 0.0407. The second kappa shape index (κ2) is 20.0. The summed E-state index contributed by atoms with van der Waals surface area (Å²) in [6.07, 6.45) is 2.10. The third-order valence-corrected chi connectivity index (χ3v) is 7.82. The molecule has 2 amide bonds. The Bertz CT molecular complexity index is 1160. The number of amides is 2. The number of alkyl halides is 2. The topological polar surface area (TPSA) is 201 Å². The number of carbonyl (C=O) groups excluding carboxylic acids is 3. The fourth-order valence-corrected chi connectivity index (χ4v) is 5.58. The number of hydrogen-bond acceptors (Lipinski definition) is 11. The number of unbranched alkanes of at least 4 members (excludes halogenated alkanes) is 3.